The normalized spacial score (nSPS) is 10.6. The first-order valence-electron chi connectivity index (χ1n) is 5.56. The fourth-order valence-electron chi connectivity index (χ4n) is 1.81. The van der Waals surface area contributed by atoms with Crippen molar-refractivity contribution in [2.45, 2.75) is 13.5 Å². The lowest BCUT2D eigenvalue weighted by Crippen LogP contribution is -2.17. The van der Waals surface area contributed by atoms with Crippen LogP contribution in [0.4, 0.5) is 4.39 Å². The van der Waals surface area contributed by atoms with Gasteiger partial charge in [-0.2, -0.15) is 0 Å². The molecule has 0 N–H and O–H groups in total. The van der Waals surface area contributed by atoms with Crippen LogP contribution in [0.3, 0.4) is 0 Å². The van der Waals surface area contributed by atoms with E-state index in [-0.39, 0.29) is 29.5 Å². The third-order valence-corrected chi connectivity index (χ3v) is 2.55. The molecule has 0 spiro atoms. The highest BCUT2D eigenvalue weighted by Gasteiger charge is 2.10. The van der Waals surface area contributed by atoms with Gasteiger partial charge in [0.05, 0.1) is 12.1 Å². The first-order chi connectivity index (χ1) is 8.63. The summed E-state index contributed by atoms with van der Waals surface area (Å²) in [7, 11) is 0. The third kappa shape index (κ3) is 2.25. The number of aromatic nitrogens is 1. The fraction of sp³-hybridized carbons (Fsp3) is 0.231. The zero-order valence-corrected chi connectivity index (χ0v) is 9.85. The topological polar surface area (TPSA) is 48.3 Å². The molecule has 1 heterocycles. The van der Waals surface area contributed by atoms with E-state index in [2.05, 4.69) is 0 Å². The van der Waals surface area contributed by atoms with E-state index in [0.29, 0.717) is 0 Å². The standard InChI is InChI=1S/C13H12FNO3/c1-2-18-12(17)8-15-7-6-11(16)9-4-3-5-10(14)13(9)15/h3-7H,2,8H2,1H3. The van der Waals surface area contributed by atoms with Crippen molar-refractivity contribution in [3.8, 4) is 0 Å². The number of hydrogen-bond acceptors (Lipinski definition) is 3. The SMILES string of the molecule is CCOC(=O)Cn1ccc(=O)c2cccc(F)c21. The number of benzene rings is 1. The summed E-state index contributed by atoms with van der Waals surface area (Å²) in [6, 6.07) is 5.56. The molecule has 0 saturated carbocycles. The van der Waals surface area contributed by atoms with Crippen LogP contribution in [0.25, 0.3) is 10.9 Å². The van der Waals surface area contributed by atoms with E-state index in [9.17, 15) is 14.0 Å². The minimum atomic E-state index is -0.533. The zero-order chi connectivity index (χ0) is 13.1. The van der Waals surface area contributed by atoms with E-state index < -0.39 is 11.8 Å². The summed E-state index contributed by atoms with van der Waals surface area (Å²) in [6.07, 6.45) is 1.39. The number of rotatable bonds is 3. The van der Waals surface area contributed by atoms with Crippen molar-refractivity contribution in [3.63, 3.8) is 0 Å². The summed E-state index contributed by atoms with van der Waals surface area (Å²) in [5.74, 6) is -1.000. The lowest BCUT2D eigenvalue weighted by molar-refractivity contribution is -0.143. The zero-order valence-electron chi connectivity index (χ0n) is 9.85. The number of fused-ring (bicyclic) bond motifs is 1. The van der Waals surface area contributed by atoms with Gasteiger partial charge in [0, 0.05) is 17.6 Å². The highest BCUT2D eigenvalue weighted by molar-refractivity contribution is 5.81. The lowest BCUT2D eigenvalue weighted by Gasteiger charge is -2.10. The molecule has 0 aliphatic heterocycles. The molecular weight excluding hydrogens is 237 g/mol. The Morgan fingerprint density at radius 2 is 2.17 bits per heavy atom. The average molecular weight is 249 g/mol. The third-order valence-electron chi connectivity index (χ3n) is 2.55. The van der Waals surface area contributed by atoms with Gasteiger partial charge in [-0.3, -0.25) is 9.59 Å². The number of para-hydroxylation sites is 1. The predicted molar refractivity (Wildman–Crippen MR) is 64.8 cm³/mol. The molecule has 18 heavy (non-hydrogen) atoms. The van der Waals surface area contributed by atoms with Crippen molar-refractivity contribution in [3.05, 3.63) is 46.5 Å². The van der Waals surface area contributed by atoms with Gasteiger partial charge >= 0.3 is 5.97 Å². The number of halogens is 1. The molecule has 0 bridgehead atoms. The fourth-order valence-corrected chi connectivity index (χ4v) is 1.81. The molecule has 1 aromatic carbocycles. The molecule has 0 unspecified atom stereocenters. The largest absolute Gasteiger partial charge is 0.465 e. The Hall–Kier alpha value is -2.17. The van der Waals surface area contributed by atoms with Crippen molar-refractivity contribution >= 4 is 16.9 Å². The van der Waals surface area contributed by atoms with Crippen LogP contribution < -0.4 is 5.43 Å². The second-order valence-electron chi connectivity index (χ2n) is 3.75. The molecule has 0 atom stereocenters. The van der Waals surface area contributed by atoms with Crippen LogP contribution >= 0.6 is 0 Å². The summed E-state index contributed by atoms with van der Waals surface area (Å²) in [5, 5.41) is 0.252. The van der Waals surface area contributed by atoms with Crippen LogP contribution in [-0.2, 0) is 16.1 Å². The molecule has 1 aromatic heterocycles. The Bertz CT molecular complexity index is 648. The highest BCUT2D eigenvalue weighted by Crippen LogP contribution is 2.14. The van der Waals surface area contributed by atoms with Crippen LogP contribution in [0, 0.1) is 5.82 Å². The molecule has 0 amide bonds. The number of esters is 1. The molecule has 0 radical (unpaired) electrons. The number of hydrogen-bond donors (Lipinski definition) is 0. The van der Waals surface area contributed by atoms with Gasteiger partial charge in [0.1, 0.15) is 12.4 Å². The van der Waals surface area contributed by atoms with Crippen LogP contribution in [0.1, 0.15) is 6.92 Å². The van der Waals surface area contributed by atoms with Crippen LogP contribution in [0.15, 0.2) is 35.3 Å². The molecular formula is C13H12FNO3. The Labute approximate surface area is 103 Å². The van der Waals surface area contributed by atoms with Gasteiger partial charge in [-0.05, 0) is 19.1 Å². The number of pyridine rings is 1. The molecule has 0 aliphatic rings. The number of carbonyl (C=O) groups is 1. The molecule has 2 aromatic rings. The smallest absolute Gasteiger partial charge is 0.325 e. The van der Waals surface area contributed by atoms with Gasteiger partial charge < -0.3 is 9.30 Å². The number of carbonyl (C=O) groups excluding carboxylic acids is 1. The predicted octanol–water partition coefficient (Wildman–Crippen LogP) is 1.70. The maximum Gasteiger partial charge on any atom is 0.325 e. The molecule has 0 aliphatic carbocycles. The van der Waals surface area contributed by atoms with E-state index in [0.717, 1.165) is 0 Å². The van der Waals surface area contributed by atoms with Gasteiger partial charge in [-0.1, -0.05) is 6.07 Å². The Morgan fingerprint density at radius 3 is 2.89 bits per heavy atom. The second-order valence-corrected chi connectivity index (χ2v) is 3.75. The Morgan fingerprint density at radius 1 is 1.39 bits per heavy atom. The van der Waals surface area contributed by atoms with Gasteiger partial charge in [0.15, 0.2) is 5.43 Å². The first kappa shape index (κ1) is 12.3. The second kappa shape index (κ2) is 5.00. The summed E-state index contributed by atoms with van der Waals surface area (Å²) in [5.41, 5.74) is -0.150. The van der Waals surface area contributed by atoms with E-state index in [1.165, 1.54) is 35.0 Å². The van der Waals surface area contributed by atoms with E-state index >= 15 is 0 Å². The van der Waals surface area contributed by atoms with Crippen LogP contribution in [0.2, 0.25) is 0 Å². The number of ether oxygens (including phenoxy) is 1. The van der Waals surface area contributed by atoms with E-state index in [1.54, 1.807) is 6.92 Å². The van der Waals surface area contributed by atoms with Crippen molar-refractivity contribution in [2.24, 2.45) is 0 Å². The molecule has 0 saturated heterocycles. The van der Waals surface area contributed by atoms with Crippen molar-refractivity contribution in [1.29, 1.82) is 0 Å². The quantitative estimate of drug-likeness (QED) is 0.778. The van der Waals surface area contributed by atoms with E-state index in [1.807, 2.05) is 0 Å². The molecule has 2 rings (SSSR count). The minimum absolute atomic E-state index is 0.119. The van der Waals surface area contributed by atoms with Gasteiger partial charge in [0.25, 0.3) is 0 Å². The highest BCUT2D eigenvalue weighted by atomic mass is 19.1. The Kier molecular flexibility index (Phi) is 3.41. The lowest BCUT2D eigenvalue weighted by atomic mass is 10.2. The molecule has 4 nitrogen and oxygen atoms in total. The van der Waals surface area contributed by atoms with Gasteiger partial charge in [-0.25, -0.2) is 4.39 Å². The van der Waals surface area contributed by atoms with E-state index in [4.69, 9.17) is 4.74 Å². The van der Waals surface area contributed by atoms with Gasteiger partial charge in [0.2, 0.25) is 0 Å². The summed E-state index contributed by atoms with van der Waals surface area (Å²) in [6.45, 7) is 1.84. The molecule has 0 fully saturated rings. The maximum absolute atomic E-state index is 13.8. The first-order valence-corrected chi connectivity index (χ1v) is 5.56. The van der Waals surface area contributed by atoms with Crippen molar-refractivity contribution in [1.82, 2.24) is 4.57 Å². The molecule has 94 valence electrons. The monoisotopic (exact) mass is 249 g/mol. The van der Waals surface area contributed by atoms with Crippen molar-refractivity contribution in [2.75, 3.05) is 6.61 Å². The van der Waals surface area contributed by atoms with Crippen molar-refractivity contribution < 1.29 is 13.9 Å². The molecule has 5 heteroatoms. The van der Waals surface area contributed by atoms with Gasteiger partial charge in [-0.15, -0.1) is 0 Å². The summed E-state index contributed by atoms with van der Waals surface area (Å²) < 4.78 is 19.9. The van der Waals surface area contributed by atoms with Crippen LogP contribution in [0.5, 0.6) is 0 Å². The minimum Gasteiger partial charge on any atom is -0.465 e. The Balaban J connectivity index is 2.55. The average Bonchev–Trinajstić information content (AvgIpc) is 2.33. The maximum atomic E-state index is 13.8. The van der Waals surface area contributed by atoms with Crippen LogP contribution in [-0.4, -0.2) is 17.1 Å². The summed E-state index contributed by atoms with van der Waals surface area (Å²) in [4.78, 5) is 23.0. The number of nitrogens with zero attached hydrogens (tertiary/aromatic N) is 1. The summed E-state index contributed by atoms with van der Waals surface area (Å²) >= 11 is 0.